The molecule has 0 aliphatic heterocycles. The van der Waals surface area contributed by atoms with Gasteiger partial charge in [0.25, 0.3) is 0 Å². The Morgan fingerprint density at radius 2 is 1.57 bits per heavy atom. The molecule has 0 radical (unpaired) electrons. The number of likely N-dealkylation sites (N-methyl/N-ethyl adjacent to an activating group) is 1. The highest BCUT2D eigenvalue weighted by Crippen LogP contribution is 2.29. The number of nitrogens with zero attached hydrogens (tertiary/aromatic N) is 1. The van der Waals surface area contributed by atoms with Gasteiger partial charge < -0.3 is 10.0 Å². The first-order valence-electron chi connectivity index (χ1n) is 5.76. The lowest BCUT2D eigenvalue weighted by Crippen LogP contribution is -2.53. The third-order valence-corrected chi connectivity index (χ3v) is 3.43. The first-order valence-corrected chi connectivity index (χ1v) is 5.76. The molecule has 1 unspecified atom stereocenters. The predicted octanol–water partition coefficient (Wildman–Crippen LogP) is 2.51. The molecule has 0 aromatic rings. The predicted molar refractivity (Wildman–Crippen MR) is 62.5 cm³/mol. The maximum atomic E-state index is 10.3. The van der Waals surface area contributed by atoms with Gasteiger partial charge in [0.15, 0.2) is 0 Å². The molecule has 0 bridgehead atoms. The summed E-state index contributed by atoms with van der Waals surface area (Å²) in [5, 5.41) is 10.3. The monoisotopic (exact) mass is 201 g/mol. The van der Waals surface area contributed by atoms with Gasteiger partial charge in [-0.2, -0.15) is 0 Å². The summed E-state index contributed by atoms with van der Waals surface area (Å²) in [5.41, 5.74) is -0.0374. The van der Waals surface area contributed by atoms with Crippen molar-refractivity contribution in [2.45, 2.75) is 58.6 Å². The largest absolute Gasteiger partial charge is 0.391 e. The SMILES string of the molecule is CCC(CC)(C(O)CC(C)C)N(C)C. The Bertz CT molecular complexity index is 150. The molecule has 1 atom stereocenters. The molecule has 0 aromatic carbocycles. The second-order valence-corrected chi connectivity index (χ2v) is 4.85. The quantitative estimate of drug-likeness (QED) is 0.714. The third-order valence-electron chi connectivity index (χ3n) is 3.43. The van der Waals surface area contributed by atoms with E-state index in [2.05, 4.69) is 46.7 Å². The molecule has 2 nitrogen and oxygen atoms in total. The van der Waals surface area contributed by atoms with Crippen LogP contribution in [0.1, 0.15) is 47.0 Å². The van der Waals surface area contributed by atoms with Crippen molar-refractivity contribution in [2.24, 2.45) is 5.92 Å². The molecule has 2 heteroatoms. The topological polar surface area (TPSA) is 23.5 Å². The first kappa shape index (κ1) is 13.9. The standard InChI is InChI=1S/C12H27NO/c1-7-12(8-2,13(5)6)11(14)9-10(3)4/h10-11,14H,7-9H2,1-6H3. The van der Waals surface area contributed by atoms with Crippen LogP contribution in [0, 0.1) is 5.92 Å². The van der Waals surface area contributed by atoms with Gasteiger partial charge in [-0.1, -0.05) is 27.7 Å². The Morgan fingerprint density at radius 1 is 1.14 bits per heavy atom. The zero-order chi connectivity index (χ0) is 11.4. The molecule has 0 amide bonds. The van der Waals surface area contributed by atoms with Crippen LogP contribution in [0.3, 0.4) is 0 Å². The van der Waals surface area contributed by atoms with E-state index in [0.717, 1.165) is 19.3 Å². The molecule has 0 heterocycles. The average molecular weight is 201 g/mol. The zero-order valence-corrected chi connectivity index (χ0v) is 10.7. The number of aliphatic hydroxyl groups is 1. The molecule has 0 aliphatic rings. The van der Waals surface area contributed by atoms with Crippen LogP contribution in [0.2, 0.25) is 0 Å². The zero-order valence-electron chi connectivity index (χ0n) is 10.7. The van der Waals surface area contributed by atoms with Crippen molar-refractivity contribution in [1.29, 1.82) is 0 Å². The summed E-state index contributed by atoms with van der Waals surface area (Å²) in [7, 11) is 4.13. The van der Waals surface area contributed by atoms with E-state index in [1.807, 2.05) is 0 Å². The molecule has 0 aromatic heterocycles. The average Bonchev–Trinajstić information content (AvgIpc) is 2.05. The van der Waals surface area contributed by atoms with Crippen LogP contribution in [0.25, 0.3) is 0 Å². The Morgan fingerprint density at radius 3 is 1.79 bits per heavy atom. The second kappa shape index (κ2) is 5.72. The van der Waals surface area contributed by atoms with E-state index >= 15 is 0 Å². The number of rotatable bonds is 6. The maximum Gasteiger partial charge on any atom is 0.0725 e. The van der Waals surface area contributed by atoms with Crippen LogP contribution in [-0.4, -0.2) is 35.7 Å². The van der Waals surface area contributed by atoms with Crippen molar-refractivity contribution in [1.82, 2.24) is 4.90 Å². The summed E-state index contributed by atoms with van der Waals surface area (Å²) in [6.07, 6.45) is 2.68. The van der Waals surface area contributed by atoms with Crippen molar-refractivity contribution in [3.05, 3.63) is 0 Å². The van der Waals surface area contributed by atoms with Gasteiger partial charge in [0.2, 0.25) is 0 Å². The molecule has 0 saturated heterocycles. The molecule has 0 aliphatic carbocycles. The van der Waals surface area contributed by atoms with Gasteiger partial charge in [-0.05, 0) is 39.3 Å². The molecule has 0 saturated carbocycles. The Kier molecular flexibility index (Phi) is 5.68. The van der Waals surface area contributed by atoms with Gasteiger partial charge in [-0.15, -0.1) is 0 Å². The minimum Gasteiger partial charge on any atom is -0.391 e. The Balaban J connectivity index is 4.62. The van der Waals surface area contributed by atoms with Gasteiger partial charge in [0, 0.05) is 5.54 Å². The summed E-state index contributed by atoms with van der Waals surface area (Å²) in [5.74, 6) is 0.558. The van der Waals surface area contributed by atoms with Gasteiger partial charge in [-0.25, -0.2) is 0 Å². The minimum atomic E-state index is -0.215. The summed E-state index contributed by atoms with van der Waals surface area (Å²) in [6, 6.07) is 0. The van der Waals surface area contributed by atoms with Crippen LogP contribution in [0.15, 0.2) is 0 Å². The fraction of sp³-hybridized carbons (Fsp3) is 1.00. The molecule has 0 fully saturated rings. The normalized spacial score (nSPS) is 15.2. The Labute approximate surface area is 89.3 Å². The van der Waals surface area contributed by atoms with Crippen molar-refractivity contribution < 1.29 is 5.11 Å². The number of hydrogen-bond acceptors (Lipinski definition) is 2. The summed E-state index contributed by atoms with van der Waals surface area (Å²) >= 11 is 0. The van der Waals surface area contributed by atoms with Gasteiger partial charge in [-0.3, -0.25) is 0 Å². The van der Waals surface area contributed by atoms with Gasteiger partial charge in [0.05, 0.1) is 6.10 Å². The van der Waals surface area contributed by atoms with Crippen LogP contribution in [-0.2, 0) is 0 Å². The van der Waals surface area contributed by atoms with Gasteiger partial charge in [0.1, 0.15) is 0 Å². The van der Waals surface area contributed by atoms with E-state index < -0.39 is 0 Å². The van der Waals surface area contributed by atoms with Crippen LogP contribution >= 0.6 is 0 Å². The molecular weight excluding hydrogens is 174 g/mol. The lowest BCUT2D eigenvalue weighted by atomic mass is 9.81. The minimum absolute atomic E-state index is 0.0374. The van der Waals surface area contributed by atoms with Crippen molar-refractivity contribution >= 4 is 0 Å². The molecule has 1 N–H and O–H groups in total. The summed E-state index contributed by atoms with van der Waals surface area (Å²) < 4.78 is 0. The van der Waals surface area contributed by atoms with Crippen molar-refractivity contribution in [3.63, 3.8) is 0 Å². The fourth-order valence-corrected chi connectivity index (χ4v) is 2.32. The molecule has 0 spiro atoms. The van der Waals surface area contributed by atoms with Crippen molar-refractivity contribution in [3.8, 4) is 0 Å². The van der Waals surface area contributed by atoms with Crippen LogP contribution < -0.4 is 0 Å². The number of hydrogen-bond donors (Lipinski definition) is 1. The molecule has 14 heavy (non-hydrogen) atoms. The molecule has 86 valence electrons. The molecule has 0 rings (SSSR count). The number of aliphatic hydroxyl groups excluding tert-OH is 1. The van der Waals surface area contributed by atoms with Crippen LogP contribution in [0.4, 0.5) is 0 Å². The smallest absolute Gasteiger partial charge is 0.0725 e. The second-order valence-electron chi connectivity index (χ2n) is 4.85. The van der Waals surface area contributed by atoms with Crippen LogP contribution in [0.5, 0.6) is 0 Å². The maximum absolute atomic E-state index is 10.3. The highest BCUT2D eigenvalue weighted by molar-refractivity contribution is 4.92. The summed E-state index contributed by atoms with van der Waals surface area (Å²) in [4.78, 5) is 2.18. The summed E-state index contributed by atoms with van der Waals surface area (Å²) in [6.45, 7) is 8.64. The highest BCUT2D eigenvalue weighted by atomic mass is 16.3. The van der Waals surface area contributed by atoms with E-state index in [1.165, 1.54) is 0 Å². The lowest BCUT2D eigenvalue weighted by Gasteiger charge is -2.43. The molecular formula is C12H27NO. The van der Waals surface area contributed by atoms with Gasteiger partial charge >= 0.3 is 0 Å². The van der Waals surface area contributed by atoms with E-state index in [0.29, 0.717) is 5.92 Å². The first-order chi connectivity index (χ1) is 6.40. The Hall–Kier alpha value is -0.0800. The van der Waals surface area contributed by atoms with E-state index in [4.69, 9.17) is 0 Å². The van der Waals surface area contributed by atoms with E-state index in [1.54, 1.807) is 0 Å². The van der Waals surface area contributed by atoms with E-state index in [-0.39, 0.29) is 11.6 Å². The highest BCUT2D eigenvalue weighted by Gasteiger charge is 2.36. The lowest BCUT2D eigenvalue weighted by molar-refractivity contribution is -0.0238. The third kappa shape index (κ3) is 2.96. The fourth-order valence-electron chi connectivity index (χ4n) is 2.32. The van der Waals surface area contributed by atoms with E-state index in [9.17, 15) is 5.11 Å². The van der Waals surface area contributed by atoms with Crippen molar-refractivity contribution in [2.75, 3.05) is 14.1 Å².